The molecule has 4 aromatic carbocycles. The lowest BCUT2D eigenvalue weighted by Gasteiger charge is -2.17. The number of imidazole rings is 1. The molecule has 7 heteroatoms. The van der Waals surface area contributed by atoms with E-state index in [1.165, 1.54) is 12.8 Å². The second kappa shape index (κ2) is 9.38. The van der Waals surface area contributed by atoms with Gasteiger partial charge < -0.3 is 9.84 Å². The Morgan fingerprint density at radius 1 is 1.00 bits per heavy atom. The molecule has 0 atom stereocenters. The summed E-state index contributed by atoms with van der Waals surface area (Å²) in [5, 5.41) is 33.7. The summed E-state index contributed by atoms with van der Waals surface area (Å²) in [6, 6.07) is 18.5. The first-order valence-electron chi connectivity index (χ1n) is 13.2. The highest BCUT2D eigenvalue weighted by atomic mass is 19.1. The first-order chi connectivity index (χ1) is 18.7. The van der Waals surface area contributed by atoms with Gasteiger partial charge in [0, 0.05) is 17.2 Å². The molecule has 0 saturated heterocycles. The van der Waals surface area contributed by atoms with Crippen molar-refractivity contribution in [3.63, 3.8) is 0 Å². The quantitative estimate of drug-likeness (QED) is 0.245. The molecule has 194 valence electrons. The van der Waals surface area contributed by atoms with Gasteiger partial charge in [0.1, 0.15) is 23.7 Å². The van der Waals surface area contributed by atoms with E-state index in [9.17, 15) is 20.0 Å². The van der Waals surface area contributed by atoms with Gasteiger partial charge >= 0.3 is 0 Å². The van der Waals surface area contributed by atoms with Crippen LogP contribution >= 0.6 is 0 Å². The number of hydrogen-bond acceptors (Lipinski definition) is 4. The average molecular weight is 520 g/mol. The Labute approximate surface area is 225 Å². The SMILES string of the molecule is CC(C)(O)Cc1ccc2c(c1)c1cc(OCCC3CC3)ccc1c1[nH+]c(-c3c(C#N)cc(F)cc3C#N)[nH]c21. The van der Waals surface area contributed by atoms with Gasteiger partial charge in [0.15, 0.2) is 11.0 Å². The number of aliphatic hydroxyl groups is 1. The third-order valence-corrected chi connectivity index (χ3v) is 7.38. The van der Waals surface area contributed by atoms with Crippen molar-refractivity contribution < 1.29 is 19.2 Å². The summed E-state index contributed by atoms with van der Waals surface area (Å²) in [4.78, 5) is 6.78. The Bertz CT molecular complexity index is 1810. The highest BCUT2D eigenvalue weighted by Crippen LogP contribution is 2.38. The van der Waals surface area contributed by atoms with E-state index in [1.807, 2.05) is 36.4 Å². The van der Waals surface area contributed by atoms with Gasteiger partial charge in [0.05, 0.1) is 28.9 Å². The topological polar surface area (TPSA) is 107 Å². The summed E-state index contributed by atoms with van der Waals surface area (Å²) >= 11 is 0. The number of fused-ring (bicyclic) bond motifs is 6. The summed E-state index contributed by atoms with van der Waals surface area (Å²) in [5.74, 6) is 1.40. The molecular weight excluding hydrogens is 491 g/mol. The van der Waals surface area contributed by atoms with Crippen LogP contribution in [0.4, 0.5) is 4.39 Å². The molecule has 0 aliphatic heterocycles. The van der Waals surface area contributed by atoms with Gasteiger partial charge in [-0.05, 0) is 78.9 Å². The van der Waals surface area contributed by atoms with Crippen molar-refractivity contribution in [1.82, 2.24) is 4.98 Å². The summed E-state index contributed by atoms with van der Waals surface area (Å²) in [7, 11) is 0. The van der Waals surface area contributed by atoms with Crippen molar-refractivity contribution in [3.05, 3.63) is 71.0 Å². The maximum Gasteiger partial charge on any atom is 0.288 e. The minimum absolute atomic E-state index is 0.0711. The largest absolute Gasteiger partial charge is 0.494 e. The van der Waals surface area contributed by atoms with E-state index in [2.05, 4.69) is 22.1 Å². The Hall–Kier alpha value is -4.46. The van der Waals surface area contributed by atoms with Gasteiger partial charge in [-0.1, -0.05) is 25.0 Å². The normalized spacial score (nSPS) is 13.6. The zero-order valence-corrected chi connectivity index (χ0v) is 21.9. The minimum Gasteiger partial charge on any atom is -0.494 e. The van der Waals surface area contributed by atoms with Crippen LogP contribution in [0.15, 0.2) is 48.5 Å². The molecule has 0 spiro atoms. The predicted molar refractivity (Wildman–Crippen MR) is 148 cm³/mol. The Morgan fingerprint density at radius 2 is 1.69 bits per heavy atom. The molecule has 1 aliphatic rings. The summed E-state index contributed by atoms with van der Waals surface area (Å²) in [5.41, 5.74) is 2.23. The number of benzene rings is 4. The Morgan fingerprint density at radius 3 is 2.36 bits per heavy atom. The van der Waals surface area contributed by atoms with Crippen LogP contribution in [0.25, 0.3) is 44.0 Å². The maximum atomic E-state index is 14.1. The Balaban J connectivity index is 1.59. The molecule has 0 radical (unpaired) electrons. The molecule has 6 rings (SSSR count). The van der Waals surface area contributed by atoms with E-state index in [0.717, 1.165) is 68.4 Å². The van der Waals surface area contributed by atoms with Gasteiger partial charge in [-0.2, -0.15) is 10.5 Å². The average Bonchev–Trinajstić information content (AvgIpc) is 3.62. The molecule has 1 aromatic heterocycles. The number of aromatic nitrogens is 2. The zero-order valence-electron chi connectivity index (χ0n) is 21.9. The zero-order chi connectivity index (χ0) is 27.3. The molecule has 0 bridgehead atoms. The number of hydrogen-bond donors (Lipinski definition) is 2. The number of nitriles is 2. The van der Waals surface area contributed by atoms with Crippen LogP contribution in [0.3, 0.4) is 0 Å². The first kappa shape index (κ1) is 24.9. The third kappa shape index (κ3) is 4.78. The molecule has 3 N–H and O–H groups in total. The van der Waals surface area contributed by atoms with Crippen LogP contribution in [0.1, 0.15) is 49.8 Å². The number of rotatable bonds is 7. The molecule has 1 heterocycles. The van der Waals surface area contributed by atoms with Gasteiger partial charge in [-0.15, -0.1) is 0 Å². The summed E-state index contributed by atoms with van der Waals surface area (Å²) < 4.78 is 20.2. The van der Waals surface area contributed by atoms with Crippen molar-refractivity contribution in [2.24, 2.45) is 5.92 Å². The second-order valence-electron chi connectivity index (χ2n) is 11.1. The lowest BCUT2D eigenvalue weighted by Crippen LogP contribution is -2.21. The van der Waals surface area contributed by atoms with E-state index in [0.29, 0.717) is 24.4 Å². The van der Waals surface area contributed by atoms with Crippen molar-refractivity contribution in [2.45, 2.75) is 45.1 Å². The highest BCUT2D eigenvalue weighted by molar-refractivity contribution is 6.22. The van der Waals surface area contributed by atoms with Crippen LogP contribution in [0.5, 0.6) is 5.75 Å². The van der Waals surface area contributed by atoms with E-state index < -0.39 is 11.4 Å². The molecule has 1 aliphatic carbocycles. The molecule has 5 aromatic rings. The molecule has 0 amide bonds. The number of ether oxygens (including phenoxy) is 1. The van der Waals surface area contributed by atoms with Crippen molar-refractivity contribution in [1.29, 1.82) is 10.5 Å². The number of halogens is 1. The fourth-order valence-corrected chi connectivity index (χ4v) is 5.43. The van der Waals surface area contributed by atoms with Crippen LogP contribution in [0.2, 0.25) is 0 Å². The molecule has 0 unspecified atom stereocenters. The third-order valence-electron chi connectivity index (χ3n) is 7.38. The van der Waals surface area contributed by atoms with Crippen molar-refractivity contribution in [2.75, 3.05) is 6.61 Å². The monoisotopic (exact) mass is 519 g/mol. The highest BCUT2D eigenvalue weighted by Gasteiger charge is 2.25. The van der Waals surface area contributed by atoms with Crippen LogP contribution < -0.4 is 9.72 Å². The summed E-state index contributed by atoms with van der Waals surface area (Å²) in [6.45, 7) is 4.26. The van der Waals surface area contributed by atoms with Gasteiger partial charge in [-0.3, -0.25) is 0 Å². The summed E-state index contributed by atoms with van der Waals surface area (Å²) in [6.07, 6.45) is 4.13. The van der Waals surface area contributed by atoms with Crippen LogP contribution in [0, 0.1) is 34.4 Å². The number of nitrogens with one attached hydrogen (secondary N) is 2. The van der Waals surface area contributed by atoms with E-state index in [4.69, 9.17) is 4.74 Å². The predicted octanol–water partition coefficient (Wildman–Crippen LogP) is 6.33. The lowest BCUT2D eigenvalue weighted by molar-refractivity contribution is -0.329. The molecular formula is C32H28FN4O2+. The molecule has 39 heavy (non-hydrogen) atoms. The van der Waals surface area contributed by atoms with E-state index in [-0.39, 0.29) is 11.1 Å². The van der Waals surface area contributed by atoms with Crippen molar-refractivity contribution >= 4 is 32.6 Å². The van der Waals surface area contributed by atoms with E-state index in [1.54, 1.807) is 13.8 Å². The molecule has 1 fully saturated rings. The van der Waals surface area contributed by atoms with E-state index >= 15 is 0 Å². The minimum atomic E-state index is -0.859. The van der Waals surface area contributed by atoms with Gasteiger partial charge in [0.25, 0.3) is 5.82 Å². The van der Waals surface area contributed by atoms with Crippen molar-refractivity contribution in [3.8, 4) is 29.3 Å². The standard InChI is InChI=1S/C32H27FN4O2/c1-32(2,38)15-19-5-7-24-26(11-19)27-14-23(39-10-9-18-3-4-18)6-8-25(27)30-29(24)36-31(37-30)28-20(16-34)12-22(33)13-21(28)17-35/h5-8,11-14,18,38H,3-4,9-10,15H2,1-2H3,(H,36,37)/p+1. The van der Waals surface area contributed by atoms with Gasteiger partial charge in [0.2, 0.25) is 0 Å². The second-order valence-corrected chi connectivity index (χ2v) is 11.1. The smallest absolute Gasteiger partial charge is 0.288 e. The maximum absolute atomic E-state index is 14.1. The fourth-order valence-electron chi connectivity index (χ4n) is 5.43. The number of H-pyrrole nitrogens is 2. The molecule has 1 saturated carbocycles. The molecule has 6 nitrogen and oxygen atoms in total. The Kier molecular flexibility index (Phi) is 5.98. The first-order valence-corrected chi connectivity index (χ1v) is 13.2. The van der Waals surface area contributed by atoms with Gasteiger partial charge in [-0.25, -0.2) is 14.4 Å². The number of nitrogens with zero attached hydrogens (tertiary/aromatic N) is 2. The fraction of sp³-hybridized carbons (Fsp3) is 0.281. The lowest BCUT2D eigenvalue weighted by atomic mass is 9.93. The van der Waals surface area contributed by atoms with Crippen LogP contribution in [-0.2, 0) is 6.42 Å². The number of aromatic amines is 2. The van der Waals surface area contributed by atoms with Crippen LogP contribution in [-0.4, -0.2) is 22.3 Å².